The Bertz CT molecular complexity index is 143. The van der Waals surface area contributed by atoms with Crippen LogP contribution in [-0.2, 0) is 14.2 Å². The predicted octanol–water partition coefficient (Wildman–Crippen LogP) is 2.72. The van der Waals surface area contributed by atoms with Crippen molar-refractivity contribution in [1.29, 1.82) is 0 Å². The monoisotopic (exact) mass is 277 g/mol. The zero-order chi connectivity index (χ0) is 14.8. The van der Waals surface area contributed by atoms with Crippen molar-refractivity contribution in [2.45, 2.75) is 41.0 Å². The maximum Gasteiger partial charge on any atom is 0.0701 e. The van der Waals surface area contributed by atoms with Crippen LogP contribution in [0, 0.1) is 5.92 Å². The number of ether oxygens (including phenoxy) is 3. The fourth-order valence-electron chi connectivity index (χ4n) is 1.22. The second-order valence-electron chi connectivity index (χ2n) is 4.44. The molecule has 0 aromatic rings. The summed E-state index contributed by atoms with van der Waals surface area (Å²) in [6, 6.07) is 0. The molecule has 4 heteroatoms. The molecule has 0 bridgehead atoms. The Morgan fingerprint density at radius 1 is 0.789 bits per heavy atom. The Labute approximate surface area is 120 Å². The number of hydrogen-bond acceptors (Lipinski definition) is 4. The molecule has 1 N–H and O–H groups in total. The minimum atomic E-state index is 0.652. The topological polar surface area (TPSA) is 39.7 Å². The molecule has 0 aliphatic rings. The highest BCUT2D eigenvalue weighted by Gasteiger charge is 1.93. The molecule has 118 valence electrons. The second kappa shape index (κ2) is 20.2. The molecule has 0 radical (unpaired) electrons. The van der Waals surface area contributed by atoms with E-state index < -0.39 is 0 Å². The molecule has 0 aliphatic carbocycles. The standard InChI is InChI=1S/C13H29NO3.C2H6/c1-4-6-15-8-10-17-11-9-16-7-5-14-12-13(2)3;1-2/h13-14H,4-12H2,1-3H3;1-2H3. The Balaban J connectivity index is 0. The summed E-state index contributed by atoms with van der Waals surface area (Å²) < 4.78 is 16.1. The zero-order valence-electron chi connectivity index (χ0n) is 13.7. The summed E-state index contributed by atoms with van der Waals surface area (Å²) in [6.07, 6.45) is 1.06. The maximum atomic E-state index is 5.41. The van der Waals surface area contributed by atoms with Crippen molar-refractivity contribution in [1.82, 2.24) is 5.32 Å². The molecule has 0 aromatic heterocycles. The van der Waals surface area contributed by atoms with Crippen molar-refractivity contribution in [3.05, 3.63) is 0 Å². The van der Waals surface area contributed by atoms with E-state index in [-0.39, 0.29) is 0 Å². The number of nitrogens with one attached hydrogen (secondary N) is 1. The predicted molar refractivity (Wildman–Crippen MR) is 81.8 cm³/mol. The molecule has 0 rings (SSSR count). The first-order valence-corrected chi connectivity index (χ1v) is 7.71. The van der Waals surface area contributed by atoms with E-state index >= 15 is 0 Å². The van der Waals surface area contributed by atoms with E-state index in [0.717, 1.165) is 32.7 Å². The molecule has 0 heterocycles. The summed E-state index contributed by atoms with van der Waals surface area (Å²) in [5.41, 5.74) is 0. The molecule has 0 spiro atoms. The molecule has 0 aliphatic heterocycles. The first-order valence-electron chi connectivity index (χ1n) is 7.71. The minimum Gasteiger partial charge on any atom is -0.379 e. The SMILES string of the molecule is CC.CCCOCCOCCOCCNCC(C)C. The van der Waals surface area contributed by atoms with E-state index in [0.29, 0.717) is 32.3 Å². The van der Waals surface area contributed by atoms with Crippen molar-refractivity contribution in [3.8, 4) is 0 Å². The molecule has 0 aromatic carbocycles. The van der Waals surface area contributed by atoms with Crippen LogP contribution >= 0.6 is 0 Å². The third-order valence-corrected chi connectivity index (χ3v) is 2.07. The van der Waals surface area contributed by atoms with Crippen molar-refractivity contribution in [2.24, 2.45) is 5.92 Å². The van der Waals surface area contributed by atoms with E-state index in [9.17, 15) is 0 Å². The van der Waals surface area contributed by atoms with Gasteiger partial charge in [-0.3, -0.25) is 0 Å². The molecule has 0 amide bonds. The van der Waals surface area contributed by atoms with Crippen LogP contribution in [0.15, 0.2) is 0 Å². The highest BCUT2D eigenvalue weighted by atomic mass is 16.5. The maximum absolute atomic E-state index is 5.41. The van der Waals surface area contributed by atoms with Gasteiger partial charge in [0, 0.05) is 13.2 Å². The van der Waals surface area contributed by atoms with Crippen LogP contribution in [0.2, 0.25) is 0 Å². The van der Waals surface area contributed by atoms with Crippen LogP contribution in [0.1, 0.15) is 41.0 Å². The van der Waals surface area contributed by atoms with Gasteiger partial charge in [-0.15, -0.1) is 0 Å². The van der Waals surface area contributed by atoms with Crippen LogP contribution in [0.3, 0.4) is 0 Å². The van der Waals surface area contributed by atoms with Gasteiger partial charge in [-0.1, -0.05) is 34.6 Å². The highest BCUT2D eigenvalue weighted by molar-refractivity contribution is 4.49. The van der Waals surface area contributed by atoms with E-state index in [1.54, 1.807) is 0 Å². The van der Waals surface area contributed by atoms with E-state index in [4.69, 9.17) is 14.2 Å². The van der Waals surface area contributed by atoms with Crippen molar-refractivity contribution in [2.75, 3.05) is 52.7 Å². The fourth-order valence-corrected chi connectivity index (χ4v) is 1.22. The summed E-state index contributed by atoms with van der Waals surface area (Å²) in [5.74, 6) is 0.696. The van der Waals surface area contributed by atoms with Gasteiger partial charge >= 0.3 is 0 Å². The van der Waals surface area contributed by atoms with Crippen LogP contribution < -0.4 is 5.32 Å². The third-order valence-electron chi connectivity index (χ3n) is 2.07. The Morgan fingerprint density at radius 2 is 1.26 bits per heavy atom. The van der Waals surface area contributed by atoms with Crippen LogP contribution in [0.4, 0.5) is 0 Å². The van der Waals surface area contributed by atoms with Gasteiger partial charge < -0.3 is 19.5 Å². The molecule has 19 heavy (non-hydrogen) atoms. The van der Waals surface area contributed by atoms with Gasteiger partial charge in [0.2, 0.25) is 0 Å². The Kier molecular flexibility index (Phi) is 22.4. The normalized spacial score (nSPS) is 10.4. The Morgan fingerprint density at radius 3 is 1.74 bits per heavy atom. The second-order valence-corrected chi connectivity index (χ2v) is 4.44. The lowest BCUT2D eigenvalue weighted by molar-refractivity contribution is 0.0152. The van der Waals surface area contributed by atoms with Crippen molar-refractivity contribution in [3.63, 3.8) is 0 Å². The van der Waals surface area contributed by atoms with Gasteiger partial charge in [-0.2, -0.15) is 0 Å². The average Bonchev–Trinajstić information content (AvgIpc) is 2.42. The van der Waals surface area contributed by atoms with E-state index in [2.05, 4.69) is 26.1 Å². The van der Waals surface area contributed by atoms with Gasteiger partial charge in [0.05, 0.1) is 33.0 Å². The van der Waals surface area contributed by atoms with Gasteiger partial charge in [0.25, 0.3) is 0 Å². The molecule has 0 atom stereocenters. The average molecular weight is 277 g/mol. The van der Waals surface area contributed by atoms with Gasteiger partial charge in [-0.05, 0) is 18.9 Å². The largest absolute Gasteiger partial charge is 0.379 e. The molecule has 0 saturated heterocycles. The summed E-state index contributed by atoms with van der Waals surface area (Å²) >= 11 is 0. The van der Waals surface area contributed by atoms with Crippen molar-refractivity contribution < 1.29 is 14.2 Å². The minimum absolute atomic E-state index is 0.652. The summed E-state index contributed by atoms with van der Waals surface area (Å²) in [6.45, 7) is 16.7. The third kappa shape index (κ3) is 23.4. The number of hydrogen-bond donors (Lipinski definition) is 1. The molecule has 0 unspecified atom stereocenters. The summed E-state index contributed by atoms with van der Waals surface area (Å²) in [5, 5.41) is 3.32. The quantitative estimate of drug-likeness (QED) is 0.525. The van der Waals surface area contributed by atoms with Gasteiger partial charge in [-0.25, -0.2) is 0 Å². The van der Waals surface area contributed by atoms with Crippen LogP contribution in [0.5, 0.6) is 0 Å². The Hall–Kier alpha value is -0.160. The van der Waals surface area contributed by atoms with Crippen LogP contribution in [-0.4, -0.2) is 52.7 Å². The molecule has 4 nitrogen and oxygen atoms in total. The molecule has 0 fully saturated rings. The first-order chi connectivity index (χ1) is 9.27. The highest BCUT2D eigenvalue weighted by Crippen LogP contribution is 1.86. The smallest absolute Gasteiger partial charge is 0.0701 e. The molecule has 0 saturated carbocycles. The fraction of sp³-hybridized carbons (Fsp3) is 1.00. The summed E-state index contributed by atoms with van der Waals surface area (Å²) in [4.78, 5) is 0. The first kappa shape index (κ1) is 21.1. The number of rotatable bonds is 13. The van der Waals surface area contributed by atoms with E-state index in [1.807, 2.05) is 13.8 Å². The lowest BCUT2D eigenvalue weighted by Crippen LogP contribution is -2.24. The molecular formula is C15H35NO3. The van der Waals surface area contributed by atoms with Gasteiger partial charge in [0.15, 0.2) is 0 Å². The van der Waals surface area contributed by atoms with Crippen LogP contribution in [0.25, 0.3) is 0 Å². The van der Waals surface area contributed by atoms with Gasteiger partial charge in [0.1, 0.15) is 0 Å². The molecular weight excluding hydrogens is 242 g/mol. The van der Waals surface area contributed by atoms with E-state index in [1.165, 1.54) is 0 Å². The lowest BCUT2D eigenvalue weighted by Gasteiger charge is -2.08. The summed E-state index contributed by atoms with van der Waals surface area (Å²) in [7, 11) is 0. The zero-order valence-corrected chi connectivity index (χ0v) is 13.7. The lowest BCUT2D eigenvalue weighted by atomic mass is 10.2. The van der Waals surface area contributed by atoms with Crippen molar-refractivity contribution >= 4 is 0 Å².